The highest BCUT2D eigenvalue weighted by atomic mass is 16.5. The van der Waals surface area contributed by atoms with Crippen LogP contribution in [0.3, 0.4) is 0 Å². The molecule has 0 saturated carbocycles. The largest absolute Gasteiger partial charge is 0.394 e. The highest BCUT2D eigenvalue weighted by Gasteiger charge is 2.28. The third-order valence-corrected chi connectivity index (χ3v) is 5.10. The van der Waals surface area contributed by atoms with Gasteiger partial charge in [0.15, 0.2) is 0 Å². The lowest BCUT2D eigenvalue weighted by Crippen LogP contribution is -2.50. The first-order chi connectivity index (χ1) is 12.7. The van der Waals surface area contributed by atoms with Crippen molar-refractivity contribution in [2.24, 2.45) is 7.05 Å². The molecule has 1 amide bonds. The van der Waals surface area contributed by atoms with Crippen LogP contribution in [0.4, 0.5) is 5.95 Å². The van der Waals surface area contributed by atoms with Crippen LogP contribution in [-0.4, -0.2) is 84.2 Å². The van der Waals surface area contributed by atoms with Crippen LogP contribution in [0.2, 0.25) is 0 Å². The molecule has 0 bridgehead atoms. The Bertz CT molecular complexity index is 800. The third-order valence-electron chi connectivity index (χ3n) is 5.10. The Labute approximate surface area is 151 Å². The number of benzene rings is 1. The van der Waals surface area contributed by atoms with Gasteiger partial charge in [-0.25, -0.2) is 4.98 Å². The molecule has 4 rings (SSSR count). The molecule has 2 fully saturated rings. The Hall–Kier alpha value is -2.16. The number of aromatic nitrogens is 2. The summed E-state index contributed by atoms with van der Waals surface area (Å²) in [5, 5.41) is 9.51. The van der Waals surface area contributed by atoms with Crippen molar-refractivity contribution in [1.29, 1.82) is 0 Å². The average molecular weight is 360 g/mol. The van der Waals surface area contributed by atoms with E-state index in [0.717, 1.165) is 30.1 Å². The fourth-order valence-corrected chi connectivity index (χ4v) is 3.61. The van der Waals surface area contributed by atoms with E-state index < -0.39 is 0 Å². The second-order valence-corrected chi connectivity index (χ2v) is 6.68. The first kappa shape index (κ1) is 17.3. The van der Waals surface area contributed by atoms with Crippen LogP contribution in [0.5, 0.6) is 0 Å². The molecule has 140 valence electrons. The molecule has 2 aromatic rings. The summed E-state index contributed by atoms with van der Waals surface area (Å²) < 4.78 is 12.8. The van der Waals surface area contributed by atoms with E-state index in [0.29, 0.717) is 38.5 Å². The highest BCUT2D eigenvalue weighted by molar-refractivity contribution is 5.98. The van der Waals surface area contributed by atoms with Crippen molar-refractivity contribution in [2.45, 2.75) is 6.04 Å². The zero-order chi connectivity index (χ0) is 18.1. The van der Waals surface area contributed by atoms with Crippen LogP contribution >= 0.6 is 0 Å². The van der Waals surface area contributed by atoms with E-state index in [2.05, 4.69) is 9.47 Å². The smallest absolute Gasteiger partial charge is 0.254 e. The molecule has 1 atom stereocenters. The molecule has 2 saturated heterocycles. The average Bonchev–Trinajstić information content (AvgIpc) is 3.04. The number of anilines is 1. The number of aliphatic hydroxyl groups is 1. The lowest BCUT2D eigenvalue weighted by molar-refractivity contribution is -0.0183. The molecule has 26 heavy (non-hydrogen) atoms. The van der Waals surface area contributed by atoms with Gasteiger partial charge >= 0.3 is 0 Å². The number of nitrogens with zero attached hydrogens (tertiary/aromatic N) is 4. The topological polar surface area (TPSA) is 80.1 Å². The lowest BCUT2D eigenvalue weighted by Gasteiger charge is -2.34. The maximum atomic E-state index is 12.9. The zero-order valence-electron chi connectivity index (χ0n) is 14.9. The van der Waals surface area contributed by atoms with E-state index in [1.54, 1.807) is 4.90 Å². The van der Waals surface area contributed by atoms with Gasteiger partial charge in [0, 0.05) is 32.2 Å². The molecule has 8 heteroatoms. The molecule has 0 radical (unpaired) electrons. The number of amides is 1. The molecule has 2 aliphatic heterocycles. The number of carbonyl (C=O) groups excluding carboxylic acids is 1. The Kier molecular flexibility index (Phi) is 4.80. The number of aliphatic hydroxyl groups excluding tert-OH is 1. The molecule has 1 aromatic heterocycles. The zero-order valence-corrected chi connectivity index (χ0v) is 14.9. The van der Waals surface area contributed by atoms with Crippen LogP contribution in [0.25, 0.3) is 11.0 Å². The SMILES string of the molecule is Cn1c(N2CCOCC2)nc2cc(C(=O)N3CCOC[C@H]3CO)ccc21. The van der Waals surface area contributed by atoms with E-state index in [-0.39, 0.29) is 18.6 Å². The molecule has 2 aliphatic rings. The van der Waals surface area contributed by atoms with Gasteiger partial charge in [0.2, 0.25) is 5.95 Å². The van der Waals surface area contributed by atoms with Crippen LogP contribution in [-0.2, 0) is 16.5 Å². The van der Waals surface area contributed by atoms with Crippen molar-refractivity contribution < 1.29 is 19.4 Å². The van der Waals surface area contributed by atoms with Gasteiger partial charge in [-0.1, -0.05) is 0 Å². The Morgan fingerprint density at radius 1 is 1.23 bits per heavy atom. The van der Waals surface area contributed by atoms with Crippen LogP contribution < -0.4 is 4.90 Å². The first-order valence-electron chi connectivity index (χ1n) is 8.98. The second kappa shape index (κ2) is 7.22. The summed E-state index contributed by atoms with van der Waals surface area (Å²) in [6, 6.07) is 5.32. The number of hydrogen-bond acceptors (Lipinski definition) is 6. The van der Waals surface area contributed by atoms with Gasteiger partial charge in [0.25, 0.3) is 5.91 Å². The van der Waals surface area contributed by atoms with Crippen LogP contribution in [0, 0.1) is 0 Å². The highest BCUT2D eigenvalue weighted by Crippen LogP contribution is 2.24. The number of carbonyl (C=O) groups is 1. The minimum absolute atomic E-state index is 0.0900. The molecular weight excluding hydrogens is 336 g/mol. The van der Waals surface area contributed by atoms with E-state index in [1.165, 1.54) is 0 Å². The van der Waals surface area contributed by atoms with Crippen molar-refractivity contribution in [3.8, 4) is 0 Å². The summed E-state index contributed by atoms with van der Waals surface area (Å²) >= 11 is 0. The van der Waals surface area contributed by atoms with Gasteiger partial charge < -0.3 is 28.9 Å². The molecule has 0 spiro atoms. The summed E-state index contributed by atoms with van der Waals surface area (Å²) in [4.78, 5) is 21.5. The van der Waals surface area contributed by atoms with Crippen molar-refractivity contribution in [1.82, 2.24) is 14.5 Å². The lowest BCUT2D eigenvalue weighted by atomic mass is 10.1. The Morgan fingerprint density at radius 2 is 2.00 bits per heavy atom. The van der Waals surface area contributed by atoms with Crippen molar-refractivity contribution >= 4 is 22.9 Å². The number of ether oxygens (including phenoxy) is 2. The van der Waals surface area contributed by atoms with Gasteiger partial charge in [-0.15, -0.1) is 0 Å². The molecule has 8 nitrogen and oxygen atoms in total. The van der Waals surface area contributed by atoms with Crippen molar-refractivity contribution in [3.63, 3.8) is 0 Å². The number of rotatable bonds is 3. The van der Waals surface area contributed by atoms with E-state index in [9.17, 15) is 9.90 Å². The summed E-state index contributed by atoms with van der Waals surface area (Å²) in [6.45, 7) is 4.29. The molecule has 0 aliphatic carbocycles. The molecular formula is C18H24N4O4. The maximum Gasteiger partial charge on any atom is 0.254 e. The van der Waals surface area contributed by atoms with E-state index in [4.69, 9.17) is 14.5 Å². The second-order valence-electron chi connectivity index (χ2n) is 6.68. The standard InChI is InChI=1S/C18H24N4O4/c1-20-16-3-2-13(17(24)22-6-9-26-12-14(22)11-23)10-15(16)19-18(20)21-4-7-25-8-5-21/h2-3,10,14,23H,4-9,11-12H2,1H3/t14-/m1/s1. The number of fused-ring (bicyclic) bond motifs is 1. The Morgan fingerprint density at radius 3 is 2.77 bits per heavy atom. The third kappa shape index (κ3) is 3.04. The van der Waals surface area contributed by atoms with Gasteiger partial charge in [0.05, 0.1) is 50.1 Å². The van der Waals surface area contributed by atoms with Gasteiger partial charge in [-0.05, 0) is 18.2 Å². The molecule has 1 aromatic carbocycles. The normalized spacial score (nSPS) is 21.4. The van der Waals surface area contributed by atoms with Crippen molar-refractivity contribution in [2.75, 3.05) is 57.6 Å². The monoisotopic (exact) mass is 360 g/mol. The maximum absolute atomic E-state index is 12.9. The summed E-state index contributed by atoms with van der Waals surface area (Å²) in [6.07, 6.45) is 0. The quantitative estimate of drug-likeness (QED) is 0.845. The molecule has 3 heterocycles. The summed E-state index contributed by atoms with van der Waals surface area (Å²) in [7, 11) is 1.99. The van der Waals surface area contributed by atoms with Crippen molar-refractivity contribution in [3.05, 3.63) is 23.8 Å². The Balaban J connectivity index is 1.63. The minimum atomic E-state index is -0.292. The van der Waals surface area contributed by atoms with E-state index in [1.807, 2.05) is 25.2 Å². The predicted molar refractivity (Wildman–Crippen MR) is 96.5 cm³/mol. The fourth-order valence-electron chi connectivity index (χ4n) is 3.61. The number of morpholine rings is 2. The number of hydrogen-bond donors (Lipinski definition) is 1. The molecule has 0 unspecified atom stereocenters. The fraction of sp³-hybridized carbons (Fsp3) is 0.556. The minimum Gasteiger partial charge on any atom is -0.394 e. The molecule has 1 N–H and O–H groups in total. The first-order valence-corrected chi connectivity index (χ1v) is 8.98. The summed E-state index contributed by atoms with van der Waals surface area (Å²) in [5.41, 5.74) is 2.38. The van der Waals surface area contributed by atoms with Crippen LogP contribution in [0.15, 0.2) is 18.2 Å². The number of imidazole rings is 1. The van der Waals surface area contributed by atoms with Crippen LogP contribution in [0.1, 0.15) is 10.4 Å². The van der Waals surface area contributed by atoms with Gasteiger partial charge in [0.1, 0.15) is 0 Å². The van der Waals surface area contributed by atoms with E-state index >= 15 is 0 Å². The predicted octanol–water partition coefficient (Wildman–Crippen LogP) is 0.243. The summed E-state index contributed by atoms with van der Waals surface area (Å²) in [5.74, 6) is 0.806. The van der Waals surface area contributed by atoms with Gasteiger partial charge in [-0.2, -0.15) is 0 Å². The number of aryl methyl sites for hydroxylation is 1. The van der Waals surface area contributed by atoms with Gasteiger partial charge in [-0.3, -0.25) is 4.79 Å².